The van der Waals surface area contributed by atoms with Gasteiger partial charge in [0, 0.05) is 0 Å². The van der Waals surface area contributed by atoms with Gasteiger partial charge in [0.25, 0.3) is 0 Å². The van der Waals surface area contributed by atoms with Gasteiger partial charge in [-0.3, -0.25) is 0 Å². The minimum absolute atomic E-state index is 0. The van der Waals surface area contributed by atoms with E-state index >= 15 is 0 Å². The Morgan fingerprint density at radius 2 is 1.05 bits per heavy atom. The first-order valence-corrected chi connectivity index (χ1v) is 5.65. The van der Waals surface area contributed by atoms with E-state index < -0.39 is 0 Å². The van der Waals surface area contributed by atoms with Crippen molar-refractivity contribution in [2.24, 2.45) is 9.98 Å². The monoisotopic (exact) mass is 268 g/mol. The number of nitrogens with zero attached hydrogens (tertiary/aromatic N) is 2. The molecule has 0 saturated heterocycles. The molecule has 0 bridgehead atoms. The zero-order valence-electron chi connectivity index (χ0n) is 10.5. The number of carbonyl (C=O) groups excluding carboxylic acids is 2. The Morgan fingerprint density at radius 3 is 1.35 bits per heavy atom. The minimum atomic E-state index is 0. The van der Waals surface area contributed by atoms with Gasteiger partial charge in [-0.1, -0.05) is 24.3 Å². The zero-order valence-corrected chi connectivity index (χ0v) is 10.5. The summed E-state index contributed by atoms with van der Waals surface area (Å²) in [7, 11) is 0. The highest BCUT2D eigenvalue weighted by Gasteiger charge is 1.97. The fourth-order valence-electron chi connectivity index (χ4n) is 1.72. The van der Waals surface area contributed by atoms with Crippen LogP contribution in [0, 0.1) is 0 Å². The van der Waals surface area contributed by atoms with E-state index in [1.807, 2.05) is 24.3 Å². The predicted molar refractivity (Wildman–Crippen MR) is 74.9 cm³/mol. The average molecular weight is 268 g/mol. The van der Waals surface area contributed by atoms with Crippen molar-refractivity contribution in [1.82, 2.24) is 0 Å². The third-order valence-electron chi connectivity index (χ3n) is 2.63. The summed E-state index contributed by atoms with van der Waals surface area (Å²) in [5.74, 6) is 0. The molecule has 100 valence electrons. The van der Waals surface area contributed by atoms with E-state index in [1.54, 1.807) is 24.3 Å². The maximum Gasteiger partial charge on any atom is 0.240 e. The van der Waals surface area contributed by atoms with Crippen LogP contribution in [0.5, 0.6) is 0 Å². The lowest BCUT2D eigenvalue weighted by Crippen LogP contribution is -1.86. The average Bonchev–Trinajstić information content (AvgIpc) is 2.44. The van der Waals surface area contributed by atoms with Crippen molar-refractivity contribution in [2.45, 2.75) is 6.42 Å². The highest BCUT2D eigenvalue weighted by Crippen LogP contribution is 2.17. The topological polar surface area (TPSA) is 90.4 Å². The molecule has 0 saturated carbocycles. The molecule has 2 N–H and O–H groups in total. The maximum absolute atomic E-state index is 10.1. The number of hydrogen-bond donors (Lipinski definition) is 0. The summed E-state index contributed by atoms with van der Waals surface area (Å²) in [6.45, 7) is 0. The summed E-state index contributed by atoms with van der Waals surface area (Å²) >= 11 is 0. The van der Waals surface area contributed by atoms with Crippen molar-refractivity contribution >= 4 is 23.5 Å². The number of isocyanates is 2. The smallest absolute Gasteiger partial charge is 0.240 e. The molecule has 0 fully saturated rings. The fraction of sp³-hybridized carbons (Fsp3) is 0.0667. The van der Waals surface area contributed by atoms with Gasteiger partial charge >= 0.3 is 0 Å². The van der Waals surface area contributed by atoms with Gasteiger partial charge in [0.15, 0.2) is 0 Å². The Kier molecular flexibility index (Phi) is 5.75. The SMILES string of the molecule is O.O=C=Nc1ccc(Cc2ccc(N=C=O)cc2)cc1. The highest BCUT2D eigenvalue weighted by atomic mass is 16.1. The Labute approximate surface area is 115 Å². The molecule has 0 heterocycles. The van der Waals surface area contributed by atoms with Gasteiger partial charge in [-0.2, -0.15) is 9.98 Å². The van der Waals surface area contributed by atoms with Crippen molar-refractivity contribution in [3.8, 4) is 0 Å². The lowest BCUT2D eigenvalue weighted by atomic mass is 10.0. The first-order valence-electron chi connectivity index (χ1n) is 5.65. The second-order valence-corrected chi connectivity index (χ2v) is 3.92. The molecule has 0 amide bonds. The Hall–Kier alpha value is -2.84. The van der Waals surface area contributed by atoms with E-state index in [-0.39, 0.29) is 5.48 Å². The summed E-state index contributed by atoms with van der Waals surface area (Å²) < 4.78 is 0. The third kappa shape index (κ3) is 4.12. The molecule has 0 spiro atoms. The summed E-state index contributed by atoms with van der Waals surface area (Å²) in [5, 5.41) is 0. The summed E-state index contributed by atoms with van der Waals surface area (Å²) in [5.41, 5.74) is 3.40. The molecule has 20 heavy (non-hydrogen) atoms. The van der Waals surface area contributed by atoms with Gasteiger partial charge in [-0.15, -0.1) is 0 Å². The second kappa shape index (κ2) is 7.56. The number of benzene rings is 2. The molecule has 2 rings (SSSR count). The first-order chi connectivity index (χ1) is 9.31. The molecule has 5 nitrogen and oxygen atoms in total. The lowest BCUT2D eigenvalue weighted by Gasteiger charge is -2.02. The summed E-state index contributed by atoms with van der Waals surface area (Å²) in [6.07, 6.45) is 3.77. The van der Waals surface area contributed by atoms with Crippen molar-refractivity contribution < 1.29 is 15.1 Å². The van der Waals surface area contributed by atoms with E-state index in [2.05, 4.69) is 9.98 Å². The van der Waals surface area contributed by atoms with Gasteiger partial charge in [0.05, 0.1) is 11.4 Å². The van der Waals surface area contributed by atoms with Crippen LogP contribution in [-0.2, 0) is 16.0 Å². The molecule has 2 aromatic carbocycles. The molecule has 0 radical (unpaired) electrons. The highest BCUT2D eigenvalue weighted by molar-refractivity contribution is 5.51. The van der Waals surface area contributed by atoms with Crippen LogP contribution in [-0.4, -0.2) is 17.6 Å². The molecule has 5 heteroatoms. The van der Waals surface area contributed by atoms with E-state index in [0.29, 0.717) is 11.4 Å². The molecule has 0 aliphatic rings. The number of hydrogen-bond acceptors (Lipinski definition) is 4. The number of aliphatic imine (C=N–C) groups is 2. The van der Waals surface area contributed by atoms with Crippen molar-refractivity contribution in [3.05, 3.63) is 59.7 Å². The van der Waals surface area contributed by atoms with Crippen LogP contribution in [0.3, 0.4) is 0 Å². The molecule has 0 aromatic heterocycles. The van der Waals surface area contributed by atoms with Gasteiger partial charge in [-0.05, 0) is 41.8 Å². The summed E-state index contributed by atoms with van der Waals surface area (Å²) in [4.78, 5) is 27.3. The van der Waals surface area contributed by atoms with E-state index in [0.717, 1.165) is 17.5 Å². The van der Waals surface area contributed by atoms with E-state index in [9.17, 15) is 9.59 Å². The van der Waals surface area contributed by atoms with Gasteiger partial charge < -0.3 is 5.48 Å². The second-order valence-electron chi connectivity index (χ2n) is 3.92. The minimum Gasteiger partial charge on any atom is -0.412 e. The molecular formula is C15H12N2O3. The van der Waals surface area contributed by atoms with Gasteiger partial charge in [0.1, 0.15) is 0 Å². The van der Waals surface area contributed by atoms with Crippen LogP contribution < -0.4 is 0 Å². The van der Waals surface area contributed by atoms with Gasteiger partial charge in [-0.25, -0.2) is 9.59 Å². The Bertz CT molecular complexity index is 591. The van der Waals surface area contributed by atoms with Crippen molar-refractivity contribution in [3.63, 3.8) is 0 Å². The van der Waals surface area contributed by atoms with Crippen LogP contribution in [0.2, 0.25) is 0 Å². The van der Waals surface area contributed by atoms with Crippen LogP contribution in [0.1, 0.15) is 11.1 Å². The van der Waals surface area contributed by atoms with Crippen LogP contribution in [0.25, 0.3) is 0 Å². The van der Waals surface area contributed by atoms with Crippen molar-refractivity contribution in [1.29, 1.82) is 0 Å². The van der Waals surface area contributed by atoms with Gasteiger partial charge in [0.2, 0.25) is 12.2 Å². The zero-order chi connectivity index (χ0) is 13.5. The van der Waals surface area contributed by atoms with Crippen LogP contribution in [0.15, 0.2) is 58.5 Å². The first kappa shape index (κ1) is 15.2. The summed E-state index contributed by atoms with van der Waals surface area (Å²) in [6, 6.07) is 14.7. The maximum atomic E-state index is 10.1. The standard InChI is InChI=1S/C15H10N2O2.H2O/c18-10-16-14-5-1-12(2-6-14)9-13-3-7-15(8-4-13)17-11-19;/h1-8H,9H2;1H2. The lowest BCUT2D eigenvalue weighted by molar-refractivity contribution is 0.564. The molecular weight excluding hydrogens is 256 g/mol. The van der Waals surface area contributed by atoms with Crippen LogP contribution >= 0.6 is 0 Å². The van der Waals surface area contributed by atoms with Crippen molar-refractivity contribution in [2.75, 3.05) is 0 Å². The van der Waals surface area contributed by atoms with Crippen LogP contribution in [0.4, 0.5) is 11.4 Å². The molecule has 0 aliphatic heterocycles. The largest absolute Gasteiger partial charge is 0.412 e. The normalized spacial score (nSPS) is 8.80. The fourth-order valence-corrected chi connectivity index (χ4v) is 1.72. The van der Waals surface area contributed by atoms with E-state index in [4.69, 9.17) is 0 Å². The molecule has 2 aromatic rings. The van der Waals surface area contributed by atoms with E-state index in [1.165, 1.54) is 12.2 Å². The molecule has 0 atom stereocenters. The Morgan fingerprint density at radius 1 is 0.700 bits per heavy atom. The number of rotatable bonds is 4. The third-order valence-corrected chi connectivity index (χ3v) is 2.63. The molecule has 0 unspecified atom stereocenters. The predicted octanol–water partition coefficient (Wildman–Crippen LogP) is 2.39. The molecule has 0 aliphatic carbocycles. The Balaban J connectivity index is 0.00000200. The quantitative estimate of drug-likeness (QED) is 0.629.